The molecule has 1 aromatic carbocycles. The molecule has 0 spiro atoms. The lowest BCUT2D eigenvalue weighted by Crippen LogP contribution is -2.09. The maximum atomic E-state index is 13.1. The lowest BCUT2D eigenvalue weighted by Gasteiger charge is -2.03. The van der Waals surface area contributed by atoms with Gasteiger partial charge in [0.15, 0.2) is 15.6 Å². The first kappa shape index (κ1) is 12.8. The van der Waals surface area contributed by atoms with Crippen LogP contribution in [0.25, 0.3) is 0 Å². The highest BCUT2D eigenvalue weighted by atomic mass is 32.2. The van der Waals surface area contributed by atoms with Crippen molar-refractivity contribution in [3.8, 4) is 0 Å². The van der Waals surface area contributed by atoms with Gasteiger partial charge in [0.25, 0.3) is 0 Å². The second-order valence-electron chi connectivity index (χ2n) is 3.41. The third-order valence-corrected chi connectivity index (χ3v) is 3.08. The van der Waals surface area contributed by atoms with Crippen LogP contribution in [0.5, 0.6) is 0 Å². The number of ketones is 1. The van der Waals surface area contributed by atoms with Crippen LogP contribution < -0.4 is 5.73 Å². The van der Waals surface area contributed by atoms with Crippen molar-refractivity contribution in [3.05, 3.63) is 29.6 Å². The van der Waals surface area contributed by atoms with Crippen molar-refractivity contribution in [1.82, 2.24) is 0 Å². The van der Waals surface area contributed by atoms with Gasteiger partial charge in [-0.25, -0.2) is 12.8 Å². The van der Waals surface area contributed by atoms with E-state index in [4.69, 9.17) is 5.73 Å². The number of carbonyl (C=O) groups is 1. The monoisotopic (exact) mass is 245 g/mol. The van der Waals surface area contributed by atoms with Crippen LogP contribution in [0.3, 0.4) is 0 Å². The number of Topliss-reactive ketones (excluding diaryl/α,β-unsaturated/α-hetero) is 1. The summed E-state index contributed by atoms with van der Waals surface area (Å²) >= 11 is 0. The fraction of sp³-hybridized carbons (Fsp3) is 0.300. The molecule has 0 heterocycles. The molecule has 6 heteroatoms. The molecular formula is C10H12FNO3S. The zero-order valence-corrected chi connectivity index (χ0v) is 9.55. The topological polar surface area (TPSA) is 77.2 Å². The predicted octanol–water partition coefficient (Wildman–Crippen LogP) is 0.761. The van der Waals surface area contributed by atoms with E-state index in [0.717, 1.165) is 24.5 Å². The van der Waals surface area contributed by atoms with Gasteiger partial charge in [-0.2, -0.15) is 0 Å². The Balaban J connectivity index is 3.24. The molecule has 1 rings (SSSR count). The Morgan fingerprint density at radius 2 is 2.00 bits per heavy atom. The van der Waals surface area contributed by atoms with E-state index in [2.05, 4.69) is 0 Å². The second-order valence-corrected chi connectivity index (χ2v) is 5.43. The molecule has 0 aliphatic rings. The molecule has 0 unspecified atom stereocenters. The van der Waals surface area contributed by atoms with E-state index in [1.54, 1.807) is 0 Å². The molecule has 0 atom stereocenters. The standard InChI is InChI=1S/C10H12FNO3S/c1-16(14,15)9-5-7(4-8(11)6-9)10(13)2-3-12/h4-6H,2-3,12H2,1H3. The Kier molecular flexibility index (Phi) is 3.77. The first-order chi connectivity index (χ1) is 7.34. The molecule has 0 aromatic heterocycles. The maximum Gasteiger partial charge on any atom is 0.175 e. The number of hydrogen-bond acceptors (Lipinski definition) is 4. The lowest BCUT2D eigenvalue weighted by atomic mass is 10.1. The molecule has 0 saturated heterocycles. The summed E-state index contributed by atoms with van der Waals surface area (Å²) in [4.78, 5) is 11.2. The van der Waals surface area contributed by atoms with Gasteiger partial charge in [-0.15, -0.1) is 0 Å². The van der Waals surface area contributed by atoms with E-state index < -0.39 is 15.7 Å². The SMILES string of the molecule is CS(=O)(=O)c1cc(F)cc(C(=O)CCN)c1. The highest BCUT2D eigenvalue weighted by Crippen LogP contribution is 2.15. The minimum absolute atomic E-state index is 0.0332. The summed E-state index contributed by atoms with van der Waals surface area (Å²) in [7, 11) is -3.52. The molecule has 1 aromatic rings. The van der Waals surface area contributed by atoms with Crippen molar-refractivity contribution < 1.29 is 17.6 Å². The number of benzene rings is 1. The van der Waals surface area contributed by atoms with Crippen LogP contribution in [0.2, 0.25) is 0 Å². The van der Waals surface area contributed by atoms with Gasteiger partial charge in [0.2, 0.25) is 0 Å². The van der Waals surface area contributed by atoms with E-state index in [9.17, 15) is 17.6 Å². The number of carbonyl (C=O) groups excluding carboxylic acids is 1. The van der Waals surface area contributed by atoms with Crippen LogP contribution >= 0.6 is 0 Å². The summed E-state index contributed by atoms with van der Waals surface area (Å²) in [6.07, 6.45) is 1.02. The molecule has 0 amide bonds. The van der Waals surface area contributed by atoms with Crippen LogP contribution in [0.15, 0.2) is 23.1 Å². The van der Waals surface area contributed by atoms with Gasteiger partial charge in [-0.05, 0) is 24.7 Å². The van der Waals surface area contributed by atoms with E-state index in [-0.39, 0.29) is 29.2 Å². The van der Waals surface area contributed by atoms with E-state index >= 15 is 0 Å². The quantitative estimate of drug-likeness (QED) is 0.794. The summed E-state index contributed by atoms with van der Waals surface area (Å²) in [5.41, 5.74) is 5.23. The number of nitrogens with two attached hydrogens (primary N) is 1. The minimum atomic E-state index is -3.52. The molecule has 0 radical (unpaired) electrons. The minimum Gasteiger partial charge on any atom is -0.330 e. The zero-order chi connectivity index (χ0) is 12.3. The zero-order valence-electron chi connectivity index (χ0n) is 8.73. The summed E-state index contributed by atoms with van der Waals surface area (Å²) in [5.74, 6) is -1.12. The van der Waals surface area contributed by atoms with Crippen molar-refractivity contribution in [2.45, 2.75) is 11.3 Å². The molecule has 4 nitrogen and oxygen atoms in total. The van der Waals surface area contributed by atoms with Gasteiger partial charge >= 0.3 is 0 Å². The van der Waals surface area contributed by atoms with Crippen molar-refractivity contribution >= 4 is 15.6 Å². The Hall–Kier alpha value is -1.27. The average molecular weight is 245 g/mol. The maximum absolute atomic E-state index is 13.1. The van der Waals surface area contributed by atoms with Crippen molar-refractivity contribution in [2.75, 3.05) is 12.8 Å². The fourth-order valence-corrected chi connectivity index (χ4v) is 1.88. The highest BCUT2D eigenvalue weighted by Gasteiger charge is 2.13. The van der Waals surface area contributed by atoms with Crippen LogP contribution in [0.1, 0.15) is 16.8 Å². The van der Waals surface area contributed by atoms with Gasteiger partial charge in [-0.3, -0.25) is 4.79 Å². The Morgan fingerprint density at radius 1 is 1.38 bits per heavy atom. The van der Waals surface area contributed by atoms with Gasteiger partial charge in [0.1, 0.15) is 5.82 Å². The van der Waals surface area contributed by atoms with Gasteiger partial charge in [0, 0.05) is 18.2 Å². The molecule has 16 heavy (non-hydrogen) atoms. The first-order valence-corrected chi connectivity index (χ1v) is 6.47. The van der Waals surface area contributed by atoms with Crippen molar-refractivity contribution in [3.63, 3.8) is 0 Å². The van der Waals surface area contributed by atoms with Gasteiger partial charge in [-0.1, -0.05) is 0 Å². The van der Waals surface area contributed by atoms with Crippen LogP contribution in [-0.2, 0) is 9.84 Å². The number of halogens is 1. The molecule has 0 aliphatic carbocycles. The van der Waals surface area contributed by atoms with E-state index in [1.165, 1.54) is 0 Å². The molecular weight excluding hydrogens is 233 g/mol. The van der Waals surface area contributed by atoms with Crippen LogP contribution in [-0.4, -0.2) is 27.0 Å². The number of sulfone groups is 1. The van der Waals surface area contributed by atoms with E-state index in [1.807, 2.05) is 0 Å². The van der Waals surface area contributed by atoms with Crippen LogP contribution in [0, 0.1) is 5.82 Å². The summed E-state index contributed by atoms with van der Waals surface area (Å²) in [6, 6.07) is 3.05. The number of hydrogen-bond donors (Lipinski definition) is 1. The molecule has 0 fully saturated rings. The van der Waals surface area contributed by atoms with E-state index in [0.29, 0.717) is 0 Å². The predicted molar refractivity (Wildman–Crippen MR) is 57.5 cm³/mol. The average Bonchev–Trinajstić information content (AvgIpc) is 2.16. The normalized spacial score (nSPS) is 11.4. The Morgan fingerprint density at radius 3 is 2.50 bits per heavy atom. The summed E-state index contributed by atoms with van der Waals surface area (Å²) < 4.78 is 35.5. The lowest BCUT2D eigenvalue weighted by molar-refractivity contribution is 0.0985. The van der Waals surface area contributed by atoms with Crippen molar-refractivity contribution in [1.29, 1.82) is 0 Å². The number of rotatable bonds is 4. The summed E-state index contributed by atoms with van der Waals surface area (Å²) in [6.45, 7) is 0.142. The second kappa shape index (κ2) is 4.71. The largest absolute Gasteiger partial charge is 0.330 e. The summed E-state index contributed by atoms with van der Waals surface area (Å²) in [5, 5.41) is 0. The van der Waals surface area contributed by atoms with Gasteiger partial charge < -0.3 is 5.73 Å². The third kappa shape index (κ3) is 3.11. The Bertz CT molecular complexity index is 511. The molecule has 2 N–H and O–H groups in total. The Labute approximate surface area is 93.2 Å². The van der Waals surface area contributed by atoms with Gasteiger partial charge in [0.05, 0.1) is 4.90 Å². The molecule has 0 saturated carbocycles. The highest BCUT2D eigenvalue weighted by molar-refractivity contribution is 7.90. The first-order valence-electron chi connectivity index (χ1n) is 4.58. The molecule has 88 valence electrons. The molecule has 0 bridgehead atoms. The van der Waals surface area contributed by atoms with Crippen molar-refractivity contribution in [2.24, 2.45) is 5.73 Å². The van der Waals surface area contributed by atoms with Crippen LogP contribution in [0.4, 0.5) is 4.39 Å². The third-order valence-electron chi connectivity index (χ3n) is 1.99. The fourth-order valence-electron chi connectivity index (χ4n) is 1.21. The molecule has 0 aliphatic heterocycles. The smallest absolute Gasteiger partial charge is 0.175 e.